The van der Waals surface area contributed by atoms with E-state index in [0.29, 0.717) is 43.7 Å². The Kier molecular flexibility index (Phi) is 11.4. The van der Waals surface area contributed by atoms with E-state index in [-0.39, 0.29) is 59.4 Å². The van der Waals surface area contributed by atoms with Crippen molar-refractivity contribution in [3.05, 3.63) is 71.2 Å². The third-order valence-corrected chi connectivity index (χ3v) is 6.52. The van der Waals surface area contributed by atoms with E-state index in [0.717, 1.165) is 6.07 Å². The Labute approximate surface area is 240 Å². The van der Waals surface area contributed by atoms with Crippen LogP contribution in [0.3, 0.4) is 0 Å². The average molecular weight is 593 g/mol. The fourth-order valence-electron chi connectivity index (χ4n) is 4.37. The van der Waals surface area contributed by atoms with Crippen LogP contribution in [-0.4, -0.2) is 55.6 Å². The topological polar surface area (TPSA) is 121 Å². The van der Waals surface area contributed by atoms with E-state index in [1.807, 2.05) is 0 Å². The van der Waals surface area contributed by atoms with Crippen LogP contribution in [0.4, 0.5) is 17.6 Å². The molecular formula is C30H32F4N2O6. The first-order valence-electron chi connectivity index (χ1n) is 13.1. The second-order valence-corrected chi connectivity index (χ2v) is 9.35. The SMILES string of the molecule is COc1cc(C(=O)C[C@@H](CCCCN)C(=O)c2ccc(OC)c(-c3ccc(F)c(C(F)(F)F)c3)n2)ccc1OCCO. The van der Waals surface area contributed by atoms with Gasteiger partial charge in [-0.15, -0.1) is 0 Å². The number of pyridine rings is 1. The molecule has 226 valence electrons. The summed E-state index contributed by atoms with van der Waals surface area (Å²) in [5.74, 6) is -2.40. The van der Waals surface area contributed by atoms with E-state index in [1.54, 1.807) is 0 Å². The van der Waals surface area contributed by atoms with Crippen LogP contribution in [-0.2, 0) is 6.18 Å². The first-order valence-corrected chi connectivity index (χ1v) is 13.1. The number of aliphatic hydroxyl groups is 1. The lowest BCUT2D eigenvalue weighted by Crippen LogP contribution is -2.21. The van der Waals surface area contributed by atoms with Gasteiger partial charge in [-0.2, -0.15) is 13.2 Å². The Bertz CT molecular complexity index is 1400. The van der Waals surface area contributed by atoms with Gasteiger partial charge in [-0.3, -0.25) is 9.59 Å². The lowest BCUT2D eigenvalue weighted by Gasteiger charge is -2.17. The maximum absolute atomic E-state index is 13.9. The van der Waals surface area contributed by atoms with Crippen LogP contribution in [0, 0.1) is 11.7 Å². The van der Waals surface area contributed by atoms with Crippen molar-refractivity contribution in [2.45, 2.75) is 31.9 Å². The minimum atomic E-state index is -4.94. The number of carbonyl (C=O) groups is 2. The molecule has 0 amide bonds. The zero-order chi connectivity index (χ0) is 30.9. The summed E-state index contributed by atoms with van der Waals surface area (Å²) in [4.78, 5) is 31.2. The number of Topliss-reactive ketones (excluding diaryl/α,β-unsaturated/α-hetero) is 2. The molecule has 0 saturated carbocycles. The Morgan fingerprint density at radius 3 is 2.33 bits per heavy atom. The standard InChI is InChI=1S/C30H32F4N2O6/c1-40-26-11-9-23(36-28(26)19-6-8-22(31)21(15-19)30(32,33)34)29(39)20(5-3-4-12-35)16-24(38)18-7-10-25(42-14-13-37)27(17-18)41-2/h6-11,15,17,20,37H,3-5,12-14,16,35H2,1-2H3/t20-/m1/s1. The third-order valence-electron chi connectivity index (χ3n) is 6.52. The van der Waals surface area contributed by atoms with E-state index in [2.05, 4.69) is 4.98 Å². The number of ketones is 2. The molecule has 3 rings (SSSR count). The van der Waals surface area contributed by atoms with Crippen molar-refractivity contribution in [3.63, 3.8) is 0 Å². The minimum Gasteiger partial charge on any atom is -0.494 e. The molecule has 42 heavy (non-hydrogen) atoms. The molecule has 0 unspecified atom stereocenters. The van der Waals surface area contributed by atoms with Crippen molar-refractivity contribution in [1.29, 1.82) is 0 Å². The summed E-state index contributed by atoms with van der Waals surface area (Å²) in [6.07, 6.45) is -3.65. The number of methoxy groups -OCH3 is 2. The van der Waals surface area contributed by atoms with E-state index < -0.39 is 29.3 Å². The Morgan fingerprint density at radius 2 is 1.69 bits per heavy atom. The highest BCUT2D eigenvalue weighted by Gasteiger charge is 2.35. The van der Waals surface area contributed by atoms with E-state index >= 15 is 0 Å². The molecule has 0 aliphatic carbocycles. The fraction of sp³-hybridized carbons (Fsp3) is 0.367. The average Bonchev–Trinajstić information content (AvgIpc) is 2.98. The van der Waals surface area contributed by atoms with Crippen LogP contribution < -0.4 is 19.9 Å². The predicted octanol–water partition coefficient (Wildman–Crippen LogP) is 5.50. The van der Waals surface area contributed by atoms with Crippen molar-refractivity contribution >= 4 is 11.6 Å². The summed E-state index contributed by atoms with van der Waals surface area (Å²) in [5, 5.41) is 9.00. The highest BCUT2D eigenvalue weighted by molar-refractivity contribution is 6.03. The molecule has 1 aromatic heterocycles. The lowest BCUT2D eigenvalue weighted by atomic mass is 9.88. The monoisotopic (exact) mass is 592 g/mol. The number of aromatic nitrogens is 1. The quantitative estimate of drug-likeness (QED) is 0.135. The molecule has 12 heteroatoms. The van der Waals surface area contributed by atoms with Gasteiger partial charge < -0.3 is 25.1 Å². The van der Waals surface area contributed by atoms with Gasteiger partial charge >= 0.3 is 6.18 Å². The summed E-state index contributed by atoms with van der Waals surface area (Å²) < 4.78 is 70.0. The number of unbranched alkanes of at least 4 members (excludes halogenated alkanes) is 1. The number of nitrogens with two attached hydrogens (primary N) is 1. The number of nitrogens with zero attached hydrogens (tertiary/aromatic N) is 1. The fourth-order valence-corrected chi connectivity index (χ4v) is 4.37. The molecule has 2 aromatic carbocycles. The molecule has 1 atom stereocenters. The number of hydrogen-bond acceptors (Lipinski definition) is 8. The van der Waals surface area contributed by atoms with Crippen molar-refractivity contribution in [3.8, 4) is 28.5 Å². The number of rotatable bonds is 15. The number of benzene rings is 2. The van der Waals surface area contributed by atoms with Gasteiger partial charge in [0.15, 0.2) is 23.1 Å². The maximum Gasteiger partial charge on any atom is 0.419 e. The minimum absolute atomic E-state index is 0.0354. The zero-order valence-electron chi connectivity index (χ0n) is 23.2. The molecule has 0 aliphatic rings. The number of ether oxygens (including phenoxy) is 3. The largest absolute Gasteiger partial charge is 0.494 e. The van der Waals surface area contributed by atoms with E-state index in [4.69, 9.17) is 25.1 Å². The number of hydrogen-bond donors (Lipinski definition) is 2. The Balaban J connectivity index is 1.95. The van der Waals surface area contributed by atoms with Gasteiger partial charge in [0.05, 0.1) is 26.4 Å². The second-order valence-electron chi connectivity index (χ2n) is 9.35. The van der Waals surface area contributed by atoms with Gasteiger partial charge in [0.1, 0.15) is 29.6 Å². The molecule has 1 heterocycles. The summed E-state index contributed by atoms with van der Waals surface area (Å²) in [6.45, 7) is 0.217. The molecule has 3 aromatic rings. The first-order chi connectivity index (χ1) is 20.0. The van der Waals surface area contributed by atoms with Crippen molar-refractivity contribution in [2.75, 3.05) is 34.0 Å². The molecular weight excluding hydrogens is 560 g/mol. The van der Waals surface area contributed by atoms with Crippen molar-refractivity contribution < 1.29 is 46.5 Å². The Hall–Kier alpha value is -4.03. The first kappa shape index (κ1) is 32.5. The Morgan fingerprint density at radius 1 is 0.976 bits per heavy atom. The molecule has 0 radical (unpaired) electrons. The normalized spacial score (nSPS) is 12.1. The number of carbonyl (C=O) groups excluding carboxylic acids is 2. The highest BCUT2D eigenvalue weighted by atomic mass is 19.4. The molecule has 0 aliphatic heterocycles. The molecule has 0 fully saturated rings. The van der Waals surface area contributed by atoms with Crippen LogP contribution in [0.1, 0.15) is 52.1 Å². The van der Waals surface area contributed by atoms with Crippen LogP contribution in [0.15, 0.2) is 48.5 Å². The van der Waals surface area contributed by atoms with Gasteiger partial charge in [-0.25, -0.2) is 9.37 Å². The molecule has 8 nitrogen and oxygen atoms in total. The van der Waals surface area contributed by atoms with Gasteiger partial charge in [0.25, 0.3) is 0 Å². The van der Waals surface area contributed by atoms with Crippen molar-refractivity contribution in [2.24, 2.45) is 11.7 Å². The number of aliphatic hydroxyl groups excluding tert-OH is 1. The summed E-state index contributed by atoms with van der Waals surface area (Å²) in [5.41, 5.74) is 4.15. The van der Waals surface area contributed by atoms with E-state index in [9.17, 15) is 27.2 Å². The zero-order valence-corrected chi connectivity index (χ0v) is 23.2. The van der Waals surface area contributed by atoms with Gasteiger partial charge in [-0.1, -0.05) is 6.42 Å². The van der Waals surface area contributed by atoms with E-state index in [1.165, 1.54) is 44.6 Å². The maximum atomic E-state index is 13.9. The predicted molar refractivity (Wildman–Crippen MR) is 146 cm³/mol. The second kappa shape index (κ2) is 14.7. The highest BCUT2D eigenvalue weighted by Crippen LogP contribution is 2.37. The number of halogens is 4. The van der Waals surface area contributed by atoms with Crippen LogP contribution in [0.25, 0.3) is 11.3 Å². The summed E-state index contributed by atoms with van der Waals surface area (Å²) >= 11 is 0. The van der Waals surface area contributed by atoms with Crippen molar-refractivity contribution in [1.82, 2.24) is 4.98 Å². The summed E-state index contributed by atoms with van der Waals surface area (Å²) in [7, 11) is 2.69. The number of alkyl halides is 3. The smallest absolute Gasteiger partial charge is 0.419 e. The van der Waals surface area contributed by atoms with Crippen LogP contribution in [0.5, 0.6) is 17.2 Å². The van der Waals surface area contributed by atoms with Gasteiger partial charge in [-0.05, 0) is 67.9 Å². The third kappa shape index (κ3) is 8.04. The van der Waals surface area contributed by atoms with Crippen LogP contribution in [0.2, 0.25) is 0 Å². The lowest BCUT2D eigenvalue weighted by molar-refractivity contribution is -0.139. The van der Waals surface area contributed by atoms with Gasteiger partial charge in [0, 0.05) is 23.5 Å². The molecule has 0 spiro atoms. The van der Waals surface area contributed by atoms with Gasteiger partial charge in [0.2, 0.25) is 0 Å². The molecule has 0 bridgehead atoms. The summed E-state index contributed by atoms with van der Waals surface area (Å²) in [6, 6.07) is 9.70. The molecule has 3 N–H and O–H groups in total. The van der Waals surface area contributed by atoms with Crippen LogP contribution >= 0.6 is 0 Å². The molecule has 0 saturated heterocycles.